The highest BCUT2D eigenvalue weighted by Gasteiger charge is 2.06. The first-order valence-electron chi connectivity index (χ1n) is 6.14. The molecular weight excluding hydrogens is 226 g/mol. The summed E-state index contributed by atoms with van der Waals surface area (Å²) in [4.78, 5) is 6.35. The third-order valence-corrected chi connectivity index (χ3v) is 2.73. The van der Waals surface area contributed by atoms with Crippen molar-refractivity contribution in [1.82, 2.24) is 4.98 Å². The zero-order chi connectivity index (χ0) is 13.0. The molecule has 0 unspecified atom stereocenters. The van der Waals surface area contributed by atoms with Gasteiger partial charge in [0.05, 0.1) is 30.3 Å². The molecule has 1 N–H and O–H groups in total. The van der Waals surface area contributed by atoms with Crippen molar-refractivity contribution in [3.63, 3.8) is 0 Å². The molecule has 0 amide bonds. The number of hydrogen-bond donors (Lipinski definition) is 1. The van der Waals surface area contributed by atoms with E-state index in [4.69, 9.17) is 4.42 Å². The van der Waals surface area contributed by atoms with Crippen LogP contribution in [0.2, 0.25) is 0 Å². The topological polar surface area (TPSA) is 41.3 Å². The van der Waals surface area contributed by atoms with Crippen LogP contribution < -0.4 is 10.2 Å². The Kier molecular flexibility index (Phi) is 3.87. The molecule has 0 spiro atoms. The lowest BCUT2D eigenvalue weighted by Gasteiger charge is -2.18. The summed E-state index contributed by atoms with van der Waals surface area (Å²) in [5.74, 6) is 1.90. The molecule has 0 saturated carbocycles. The third kappa shape index (κ3) is 3.03. The summed E-state index contributed by atoms with van der Waals surface area (Å²) in [6.07, 6.45) is 3.69. The van der Waals surface area contributed by atoms with Crippen LogP contribution in [0.15, 0.2) is 35.0 Å². The Labute approximate surface area is 108 Å². The molecule has 18 heavy (non-hydrogen) atoms. The van der Waals surface area contributed by atoms with E-state index in [1.165, 1.54) is 0 Å². The van der Waals surface area contributed by atoms with E-state index in [1.54, 1.807) is 0 Å². The largest absolute Gasteiger partial charge is 0.464 e. The van der Waals surface area contributed by atoms with Gasteiger partial charge in [-0.15, -0.1) is 0 Å². The van der Waals surface area contributed by atoms with Gasteiger partial charge >= 0.3 is 0 Å². The fraction of sp³-hybridized carbons (Fsp3) is 0.357. The number of rotatable bonds is 5. The molecule has 2 heterocycles. The van der Waals surface area contributed by atoms with Crippen LogP contribution in [-0.4, -0.2) is 18.6 Å². The number of aromatic nitrogens is 1. The highest BCUT2D eigenvalue weighted by molar-refractivity contribution is 5.55. The Balaban J connectivity index is 2.08. The van der Waals surface area contributed by atoms with Gasteiger partial charge in [0.15, 0.2) is 0 Å². The molecule has 0 aromatic carbocycles. The molecule has 4 nitrogen and oxygen atoms in total. The molecule has 4 heteroatoms. The first-order valence-corrected chi connectivity index (χ1v) is 6.14. The minimum Gasteiger partial charge on any atom is -0.464 e. The van der Waals surface area contributed by atoms with Crippen molar-refractivity contribution in [2.24, 2.45) is 0 Å². The second kappa shape index (κ2) is 5.58. The molecule has 0 radical (unpaired) electrons. The van der Waals surface area contributed by atoms with Crippen LogP contribution in [0.25, 0.3) is 0 Å². The standard InChI is InChI=1S/C14H19N3O/c1-4-16-12-7-13(9-15-8-12)17(3)10-14-6-5-11(2)18-14/h5-9,16H,4,10H2,1-3H3. The number of pyridine rings is 1. The predicted octanol–water partition coefficient (Wildman–Crippen LogP) is 3.05. The van der Waals surface area contributed by atoms with Crippen LogP contribution >= 0.6 is 0 Å². The van der Waals surface area contributed by atoms with Gasteiger partial charge in [0, 0.05) is 13.6 Å². The molecule has 0 fully saturated rings. The molecule has 0 aliphatic carbocycles. The molecule has 2 aromatic heterocycles. The van der Waals surface area contributed by atoms with Gasteiger partial charge in [-0.05, 0) is 32.0 Å². The van der Waals surface area contributed by atoms with E-state index in [2.05, 4.69) is 28.2 Å². The minimum atomic E-state index is 0.741. The van der Waals surface area contributed by atoms with Crippen molar-refractivity contribution in [2.75, 3.05) is 23.8 Å². The van der Waals surface area contributed by atoms with Gasteiger partial charge < -0.3 is 14.6 Å². The van der Waals surface area contributed by atoms with Crippen molar-refractivity contribution in [3.8, 4) is 0 Å². The highest BCUT2D eigenvalue weighted by atomic mass is 16.3. The van der Waals surface area contributed by atoms with E-state index in [0.717, 1.165) is 36.0 Å². The summed E-state index contributed by atoms with van der Waals surface area (Å²) < 4.78 is 5.58. The van der Waals surface area contributed by atoms with Crippen LogP contribution in [0.4, 0.5) is 11.4 Å². The van der Waals surface area contributed by atoms with Crippen LogP contribution in [0, 0.1) is 6.92 Å². The monoisotopic (exact) mass is 245 g/mol. The van der Waals surface area contributed by atoms with E-state index in [0.29, 0.717) is 0 Å². The molecule has 0 atom stereocenters. The van der Waals surface area contributed by atoms with Gasteiger partial charge in [0.1, 0.15) is 11.5 Å². The van der Waals surface area contributed by atoms with Crippen molar-refractivity contribution in [3.05, 3.63) is 42.1 Å². The molecule has 0 saturated heterocycles. The Bertz CT molecular complexity index is 507. The molecular formula is C14H19N3O. The van der Waals surface area contributed by atoms with Gasteiger partial charge in [-0.25, -0.2) is 0 Å². The average molecular weight is 245 g/mol. The van der Waals surface area contributed by atoms with E-state index < -0.39 is 0 Å². The molecule has 0 aliphatic rings. The summed E-state index contributed by atoms with van der Waals surface area (Å²) in [6.45, 7) is 5.66. The maximum absolute atomic E-state index is 5.58. The van der Waals surface area contributed by atoms with Gasteiger partial charge in [0.2, 0.25) is 0 Å². The zero-order valence-corrected chi connectivity index (χ0v) is 11.1. The Morgan fingerprint density at radius 3 is 2.83 bits per heavy atom. The number of furan rings is 1. The fourth-order valence-electron chi connectivity index (χ4n) is 1.83. The van der Waals surface area contributed by atoms with Crippen molar-refractivity contribution >= 4 is 11.4 Å². The molecule has 2 aromatic rings. The van der Waals surface area contributed by atoms with Crippen molar-refractivity contribution in [2.45, 2.75) is 20.4 Å². The SMILES string of the molecule is CCNc1cncc(N(C)Cc2ccc(C)o2)c1. The van der Waals surface area contributed by atoms with Crippen molar-refractivity contribution < 1.29 is 4.42 Å². The summed E-state index contributed by atoms with van der Waals surface area (Å²) in [7, 11) is 2.03. The molecule has 0 aliphatic heterocycles. The third-order valence-electron chi connectivity index (χ3n) is 2.73. The Morgan fingerprint density at radius 1 is 1.33 bits per heavy atom. The summed E-state index contributed by atoms with van der Waals surface area (Å²) in [6, 6.07) is 6.08. The summed E-state index contributed by atoms with van der Waals surface area (Å²) in [5.41, 5.74) is 2.11. The van der Waals surface area contributed by atoms with Gasteiger partial charge in [-0.3, -0.25) is 4.98 Å². The molecule has 96 valence electrons. The van der Waals surface area contributed by atoms with Crippen LogP contribution in [-0.2, 0) is 6.54 Å². The van der Waals surface area contributed by atoms with Gasteiger partial charge in [0.25, 0.3) is 0 Å². The summed E-state index contributed by atoms with van der Waals surface area (Å²) >= 11 is 0. The zero-order valence-electron chi connectivity index (χ0n) is 11.1. The lowest BCUT2D eigenvalue weighted by Crippen LogP contribution is -2.16. The second-order valence-corrected chi connectivity index (χ2v) is 4.33. The minimum absolute atomic E-state index is 0.741. The maximum Gasteiger partial charge on any atom is 0.123 e. The quantitative estimate of drug-likeness (QED) is 0.879. The van der Waals surface area contributed by atoms with E-state index in [-0.39, 0.29) is 0 Å². The van der Waals surface area contributed by atoms with E-state index in [1.807, 2.05) is 38.5 Å². The first kappa shape index (κ1) is 12.5. The first-order chi connectivity index (χ1) is 8.69. The molecule has 2 rings (SSSR count). The van der Waals surface area contributed by atoms with Crippen LogP contribution in [0.3, 0.4) is 0 Å². The van der Waals surface area contributed by atoms with Crippen molar-refractivity contribution in [1.29, 1.82) is 0 Å². The van der Waals surface area contributed by atoms with Gasteiger partial charge in [-0.2, -0.15) is 0 Å². The fourth-order valence-corrected chi connectivity index (χ4v) is 1.83. The van der Waals surface area contributed by atoms with Crippen LogP contribution in [0.5, 0.6) is 0 Å². The van der Waals surface area contributed by atoms with E-state index >= 15 is 0 Å². The number of nitrogens with zero attached hydrogens (tertiary/aromatic N) is 2. The Morgan fingerprint density at radius 2 is 2.17 bits per heavy atom. The number of anilines is 2. The second-order valence-electron chi connectivity index (χ2n) is 4.33. The summed E-state index contributed by atoms with van der Waals surface area (Å²) in [5, 5.41) is 3.26. The lowest BCUT2D eigenvalue weighted by atomic mass is 10.3. The smallest absolute Gasteiger partial charge is 0.123 e. The number of hydrogen-bond acceptors (Lipinski definition) is 4. The van der Waals surface area contributed by atoms with E-state index in [9.17, 15) is 0 Å². The lowest BCUT2D eigenvalue weighted by molar-refractivity contribution is 0.482. The Hall–Kier alpha value is -1.97. The van der Waals surface area contributed by atoms with Gasteiger partial charge in [-0.1, -0.05) is 0 Å². The average Bonchev–Trinajstić information content (AvgIpc) is 2.75. The maximum atomic E-state index is 5.58. The highest BCUT2D eigenvalue weighted by Crippen LogP contribution is 2.19. The predicted molar refractivity (Wildman–Crippen MR) is 74.0 cm³/mol. The number of nitrogens with one attached hydrogen (secondary N) is 1. The number of aryl methyl sites for hydroxylation is 1. The normalized spacial score (nSPS) is 10.4. The molecule has 0 bridgehead atoms. The van der Waals surface area contributed by atoms with Crippen LogP contribution in [0.1, 0.15) is 18.4 Å².